The molecular weight excluding hydrogens is 254 g/mol. The van der Waals surface area contributed by atoms with Crippen LogP contribution in [-0.2, 0) is 13.2 Å². The maximum atomic E-state index is 11.0. The van der Waals surface area contributed by atoms with Crippen molar-refractivity contribution in [3.8, 4) is 5.75 Å². The molecule has 0 fully saturated rings. The van der Waals surface area contributed by atoms with Crippen LogP contribution in [0.15, 0.2) is 12.4 Å². The van der Waals surface area contributed by atoms with Gasteiger partial charge < -0.3 is 9.84 Å². The zero-order chi connectivity index (χ0) is 13.1. The molecule has 2 heterocycles. The zero-order valence-electron chi connectivity index (χ0n) is 10.1. The van der Waals surface area contributed by atoms with Crippen molar-refractivity contribution < 1.29 is 14.6 Å². The summed E-state index contributed by atoms with van der Waals surface area (Å²) in [6.45, 7) is 4.71. The van der Waals surface area contributed by atoms with Crippen molar-refractivity contribution in [2.75, 3.05) is 0 Å². The Hall–Kier alpha value is -1.89. The fourth-order valence-corrected chi connectivity index (χ4v) is 2.35. The number of carbonyl (C=O) groups is 1. The molecule has 0 aromatic carbocycles. The van der Waals surface area contributed by atoms with Crippen LogP contribution in [0.5, 0.6) is 5.75 Å². The lowest BCUT2D eigenvalue weighted by Gasteiger charge is -2.05. The van der Waals surface area contributed by atoms with Crippen LogP contribution in [0, 0.1) is 6.92 Å². The Morgan fingerprint density at radius 2 is 2.39 bits per heavy atom. The summed E-state index contributed by atoms with van der Waals surface area (Å²) in [5.74, 6) is 0.0911. The predicted molar refractivity (Wildman–Crippen MR) is 66.0 cm³/mol. The van der Waals surface area contributed by atoms with E-state index < -0.39 is 5.97 Å². The zero-order valence-corrected chi connectivity index (χ0v) is 10.9. The monoisotopic (exact) mass is 267 g/mol. The van der Waals surface area contributed by atoms with Crippen LogP contribution in [0.3, 0.4) is 0 Å². The van der Waals surface area contributed by atoms with Crippen molar-refractivity contribution in [3.63, 3.8) is 0 Å². The van der Waals surface area contributed by atoms with Gasteiger partial charge in [0.25, 0.3) is 0 Å². The van der Waals surface area contributed by atoms with E-state index in [1.54, 1.807) is 10.7 Å². The normalized spacial score (nSPS) is 10.6. The van der Waals surface area contributed by atoms with Crippen molar-refractivity contribution >= 4 is 17.3 Å². The van der Waals surface area contributed by atoms with Crippen LogP contribution >= 0.6 is 11.3 Å². The smallest absolute Gasteiger partial charge is 0.349 e. The summed E-state index contributed by atoms with van der Waals surface area (Å²) in [5.41, 5.74) is 0. The highest BCUT2D eigenvalue weighted by Gasteiger charge is 2.16. The first-order chi connectivity index (χ1) is 8.61. The third-order valence-corrected chi connectivity index (χ3v) is 3.39. The van der Waals surface area contributed by atoms with Crippen LogP contribution in [0.4, 0.5) is 0 Å². The van der Waals surface area contributed by atoms with Gasteiger partial charge in [-0.3, -0.25) is 0 Å². The fraction of sp³-hybridized carbons (Fsp3) is 0.364. The highest BCUT2D eigenvalue weighted by atomic mass is 32.1. The SMILES string of the molecule is CCn1ncnc1COc1cc(C)sc1C(=O)O. The molecule has 0 atom stereocenters. The quantitative estimate of drug-likeness (QED) is 0.895. The average molecular weight is 267 g/mol. The minimum Gasteiger partial charge on any atom is -0.484 e. The first-order valence-electron chi connectivity index (χ1n) is 5.45. The summed E-state index contributed by atoms with van der Waals surface area (Å²) in [4.78, 5) is 16.2. The van der Waals surface area contributed by atoms with E-state index in [0.29, 0.717) is 18.1 Å². The summed E-state index contributed by atoms with van der Waals surface area (Å²) in [6, 6.07) is 1.72. The van der Waals surface area contributed by atoms with Crippen molar-refractivity contribution in [2.45, 2.75) is 27.0 Å². The fourth-order valence-electron chi connectivity index (χ4n) is 1.55. The highest BCUT2D eigenvalue weighted by Crippen LogP contribution is 2.29. The average Bonchev–Trinajstić information content (AvgIpc) is 2.91. The maximum absolute atomic E-state index is 11.0. The number of thiophene rings is 1. The van der Waals surface area contributed by atoms with Gasteiger partial charge in [-0.2, -0.15) is 5.10 Å². The second kappa shape index (κ2) is 5.18. The second-order valence-corrected chi connectivity index (χ2v) is 4.89. The molecule has 0 bridgehead atoms. The molecule has 0 unspecified atom stereocenters. The molecule has 2 aromatic rings. The number of nitrogens with zero attached hydrogens (tertiary/aromatic N) is 3. The van der Waals surface area contributed by atoms with Gasteiger partial charge in [-0.25, -0.2) is 14.5 Å². The molecule has 0 aliphatic heterocycles. The van der Waals surface area contributed by atoms with E-state index in [1.807, 2.05) is 13.8 Å². The number of carboxylic acids is 1. The summed E-state index contributed by atoms with van der Waals surface area (Å²) >= 11 is 1.20. The molecule has 0 saturated carbocycles. The van der Waals surface area contributed by atoms with E-state index in [2.05, 4.69) is 10.1 Å². The molecule has 18 heavy (non-hydrogen) atoms. The molecule has 1 N–H and O–H groups in total. The van der Waals surface area contributed by atoms with E-state index in [9.17, 15) is 4.79 Å². The molecule has 0 aliphatic rings. The molecule has 0 aliphatic carbocycles. The summed E-state index contributed by atoms with van der Waals surface area (Å²) in [7, 11) is 0. The molecule has 0 saturated heterocycles. The number of aryl methyl sites for hydroxylation is 2. The van der Waals surface area contributed by atoms with Gasteiger partial charge in [-0.05, 0) is 19.9 Å². The van der Waals surface area contributed by atoms with Gasteiger partial charge in [0.2, 0.25) is 0 Å². The van der Waals surface area contributed by atoms with Gasteiger partial charge in [0.05, 0.1) is 0 Å². The lowest BCUT2D eigenvalue weighted by atomic mass is 10.4. The molecular formula is C11H13N3O3S. The molecule has 6 nitrogen and oxygen atoms in total. The Balaban J connectivity index is 2.13. The van der Waals surface area contributed by atoms with Crippen LogP contribution in [0.25, 0.3) is 0 Å². The van der Waals surface area contributed by atoms with Gasteiger partial charge in [0.1, 0.15) is 18.7 Å². The lowest BCUT2D eigenvalue weighted by Crippen LogP contribution is -2.08. The van der Waals surface area contributed by atoms with Crippen molar-refractivity contribution in [1.29, 1.82) is 0 Å². The molecule has 7 heteroatoms. The second-order valence-electron chi connectivity index (χ2n) is 3.64. The number of rotatable bonds is 5. The molecule has 2 aromatic heterocycles. The van der Waals surface area contributed by atoms with Gasteiger partial charge in [-0.1, -0.05) is 0 Å². The van der Waals surface area contributed by atoms with Gasteiger partial charge in [0.15, 0.2) is 10.7 Å². The lowest BCUT2D eigenvalue weighted by molar-refractivity contribution is 0.0697. The van der Waals surface area contributed by atoms with E-state index in [-0.39, 0.29) is 11.5 Å². The van der Waals surface area contributed by atoms with E-state index >= 15 is 0 Å². The first kappa shape index (κ1) is 12.6. The van der Waals surface area contributed by atoms with Crippen LogP contribution in [0.2, 0.25) is 0 Å². The maximum Gasteiger partial charge on any atom is 0.349 e. The molecule has 2 rings (SSSR count). The minimum atomic E-state index is -0.972. The number of aromatic nitrogens is 3. The minimum absolute atomic E-state index is 0.213. The van der Waals surface area contributed by atoms with Gasteiger partial charge in [0, 0.05) is 11.4 Å². The number of hydrogen-bond donors (Lipinski definition) is 1. The topological polar surface area (TPSA) is 77.2 Å². The van der Waals surface area contributed by atoms with Crippen molar-refractivity contribution in [3.05, 3.63) is 28.0 Å². The largest absolute Gasteiger partial charge is 0.484 e. The highest BCUT2D eigenvalue weighted by molar-refractivity contribution is 7.14. The molecule has 96 valence electrons. The summed E-state index contributed by atoms with van der Waals surface area (Å²) in [6.07, 6.45) is 1.46. The summed E-state index contributed by atoms with van der Waals surface area (Å²) in [5, 5.41) is 13.1. The summed E-state index contributed by atoms with van der Waals surface area (Å²) < 4.78 is 7.22. The van der Waals surface area contributed by atoms with Crippen LogP contribution in [0.1, 0.15) is 27.3 Å². The number of ether oxygens (including phenoxy) is 1. The third kappa shape index (κ3) is 2.51. The van der Waals surface area contributed by atoms with Gasteiger partial charge >= 0.3 is 5.97 Å². The molecule has 0 amide bonds. The Kier molecular flexibility index (Phi) is 3.61. The standard InChI is InChI=1S/C11H13N3O3S/c1-3-14-9(12-6-13-14)5-17-8-4-7(2)18-10(8)11(15)16/h4,6H,3,5H2,1-2H3,(H,15,16). The molecule has 0 spiro atoms. The number of aromatic carboxylic acids is 1. The Bertz CT molecular complexity index is 562. The Morgan fingerprint density at radius 3 is 3.06 bits per heavy atom. The van der Waals surface area contributed by atoms with E-state index in [1.165, 1.54) is 17.7 Å². The third-order valence-electron chi connectivity index (χ3n) is 2.37. The number of carboxylic acid groups (broad SMARTS) is 1. The number of hydrogen-bond acceptors (Lipinski definition) is 5. The van der Waals surface area contributed by atoms with E-state index in [4.69, 9.17) is 9.84 Å². The Morgan fingerprint density at radius 1 is 1.61 bits per heavy atom. The predicted octanol–water partition coefficient (Wildman–Crippen LogP) is 1.95. The van der Waals surface area contributed by atoms with Gasteiger partial charge in [-0.15, -0.1) is 11.3 Å². The van der Waals surface area contributed by atoms with Crippen molar-refractivity contribution in [1.82, 2.24) is 14.8 Å². The van der Waals surface area contributed by atoms with Crippen LogP contribution < -0.4 is 4.74 Å². The first-order valence-corrected chi connectivity index (χ1v) is 6.26. The van der Waals surface area contributed by atoms with Crippen LogP contribution in [-0.4, -0.2) is 25.8 Å². The molecule has 0 radical (unpaired) electrons. The van der Waals surface area contributed by atoms with Crippen molar-refractivity contribution in [2.24, 2.45) is 0 Å². The van der Waals surface area contributed by atoms with E-state index in [0.717, 1.165) is 4.88 Å². The Labute approximate surface area is 108 Å².